The number of hydrogen-bond donors (Lipinski definition) is 1. The van der Waals surface area contributed by atoms with Crippen LogP contribution in [0, 0.1) is 0 Å². The third kappa shape index (κ3) is 2.23. The number of thioether (sulfide) groups is 1. The standard InChI is InChI=1S/C18H16N2S/c19-18(17-10-12-4-1-2-7-16(12)21-17)15-6-3-5-13-11-20-9-8-14(13)15/h1-9,11,17-18H,10,19H2. The predicted octanol–water partition coefficient (Wildman–Crippen LogP) is 3.95. The fourth-order valence-electron chi connectivity index (χ4n) is 3.05. The van der Waals surface area contributed by atoms with E-state index in [0.717, 1.165) is 11.8 Å². The Bertz CT molecular complexity index is 770. The van der Waals surface area contributed by atoms with Gasteiger partial charge in [-0.1, -0.05) is 36.4 Å². The van der Waals surface area contributed by atoms with Crippen molar-refractivity contribution in [3.8, 4) is 0 Å². The summed E-state index contributed by atoms with van der Waals surface area (Å²) in [6.07, 6.45) is 4.79. The van der Waals surface area contributed by atoms with Crippen molar-refractivity contribution in [2.24, 2.45) is 5.73 Å². The van der Waals surface area contributed by atoms with Gasteiger partial charge in [0.1, 0.15) is 0 Å². The molecule has 0 fully saturated rings. The fourth-order valence-corrected chi connectivity index (χ4v) is 4.39. The highest BCUT2D eigenvalue weighted by molar-refractivity contribution is 8.00. The molecule has 3 aromatic rings. The van der Waals surface area contributed by atoms with Gasteiger partial charge in [-0.05, 0) is 35.1 Å². The average Bonchev–Trinajstić information content (AvgIpc) is 2.97. The molecule has 21 heavy (non-hydrogen) atoms. The molecule has 0 saturated heterocycles. The van der Waals surface area contributed by atoms with E-state index in [-0.39, 0.29) is 6.04 Å². The SMILES string of the molecule is NC(c1cccc2cnccc12)C1Cc2ccccc2S1. The zero-order valence-corrected chi connectivity index (χ0v) is 12.4. The van der Waals surface area contributed by atoms with Gasteiger partial charge in [0.15, 0.2) is 0 Å². The van der Waals surface area contributed by atoms with Crippen LogP contribution in [0.5, 0.6) is 0 Å². The van der Waals surface area contributed by atoms with Crippen molar-refractivity contribution in [3.05, 3.63) is 72.1 Å². The molecule has 0 aliphatic carbocycles. The maximum Gasteiger partial charge on any atom is 0.0428 e. The zero-order chi connectivity index (χ0) is 14.2. The Morgan fingerprint density at radius 1 is 1.10 bits per heavy atom. The van der Waals surface area contributed by atoms with Gasteiger partial charge in [-0.3, -0.25) is 4.98 Å². The van der Waals surface area contributed by atoms with E-state index in [1.54, 1.807) is 0 Å². The summed E-state index contributed by atoms with van der Waals surface area (Å²) in [5.74, 6) is 0. The highest BCUT2D eigenvalue weighted by Gasteiger charge is 2.28. The molecule has 1 aliphatic rings. The first-order valence-corrected chi connectivity index (χ1v) is 8.04. The summed E-state index contributed by atoms with van der Waals surface area (Å²) < 4.78 is 0. The molecule has 104 valence electrons. The van der Waals surface area contributed by atoms with Gasteiger partial charge in [0.25, 0.3) is 0 Å². The van der Waals surface area contributed by atoms with Crippen LogP contribution in [0.1, 0.15) is 17.2 Å². The second kappa shape index (κ2) is 5.17. The molecule has 2 heterocycles. The van der Waals surface area contributed by atoms with E-state index >= 15 is 0 Å². The van der Waals surface area contributed by atoms with E-state index in [0.29, 0.717) is 5.25 Å². The van der Waals surface area contributed by atoms with E-state index in [9.17, 15) is 0 Å². The molecule has 0 saturated carbocycles. The summed E-state index contributed by atoms with van der Waals surface area (Å²) in [7, 11) is 0. The lowest BCUT2D eigenvalue weighted by Crippen LogP contribution is -2.23. The molecule has 2 aromatic carbocycles. The molecule has 2 nitrogen and oxygen atoms in total. The Balaban J connectivity index is 1.71. The monoisotopic (exact) mass is 292 g/mol. The lowest BCUT2D eigenvalue weighted by molar-refractivity contribution is 0.683. The minimum Gasteiger partial charge on any atom is -0.323 e. The van der Waals surface area contributed by atoms with Gasteiger partial charge >= 0.3 is 0 Å². The van der Waals surface area contributed by atoms with Crippen LogP contribution in [0.25, 0.3) is 10.8 Å². The van der Waals surface area contributed by atoms with Crippen LogP contribution in [0.15, 0.2) is 65.8 Å². The highest BCUT2D eigenvalue weighted by atomic mass is 32.2. The highest BCUT2D eigenvalue weighted by Crippen LogP contribution is 2.42. The summed E-state index contributed by atoms with van der Waals surface area (Å²) in [6, 6.07) is 17.0. The summed E-state index contributed by atoms with van der Waals surface area (Å²) >= 11 is 1.91. The molecule has 0 amide bonds. The van der Waals surface area contributed by atoms with Crippen molar-refractivity contribution in [1.82, 2.24) is 4.98 Å². The Labute approximate surface area is 128 Å². The molecular formula is C18H16N2S. The van der Waals surface area contributed by atoms with Gasteiger partial charge in [0.05, 0.1) is 0 Å². The van der Waals surface area contributed by atoms with Crippen LogP contribution in [-0.2, 0) is 6.42 Å². The Morgan fingerprint density at radius 2 is 2.00 bits per heavy atom. The molecule has 4 rings (SSSR count). The largest absolute Gasteiger partial charge is 0.323 e. The molecule has 3 heteroatoms. The summed E-state index contributed by atoms with van der Waals surface area (Å²) in [6.45, 7) is 0. The molecule has 0 radical (unpaired) electrons. The van der Waals surface area contributed by atoms with Crippen LogP contribution in [0.3, 0.4) is 0 Å². The second-order valence-corrected chi connectivity index (χ2v) is 6.72. The molecule has 2 atom stereocenters. The van der Waals surface area contributed by atoms with E-state index in [1.165, 1.54) is 21.4 Å². The molecule has 0 bridgehead atoms. The molecular weight excluding hydrogens is 276 g/mol. The maximum absolute atomic E-state index is 6.60. The number of nitrogens with two attached hydrogens (primary N) is 1. The molecule has 1 aromatic heterocycles. The van der Waals surface area contributed by atoms with Crippen molar-refractivity contribution < 1.29 is 0 Å². The van der Waals surface area contributed by atoms with Crippen LogP contribution in [0.2, 0.25) is 0 Å². The second-order valence-electron chi connectivity index (χ2n) is 5.44. The lowest BCUT2D eigenvalue weighted by Gasteiger charge is -2.20. The lowest BCUT2D eigenvalue weighted by atomic mass is 9.95. The minimum atomic E-state index is 0.0356. The van der Waals surface area contributed by atoms with Gasteiger partial charge in [-0.2, -0.15) is 0 Å². The van der Waals surface area contributed by atoms with E-state index in [1.807, 2.05) is 24.2 Å². The van der Waals surface area contributed by atoms with Crippen molar-refractivity contribution in [3.63, 3.8) is 0 Å². The van der Waals surface area contributed by atoms with E-state index in [4.69, 9.17) is 5.73 Å². The van der Waals surface area contributed by atoms with Gasteiger partial charge in [-0.25, -0.2) is 0 Å². The van der Waals surface area contributed by atoms with E-state index in [2.05, 4.69) is 53.5 Å². The number of benzene rings is 2. The van der Waals surface area contributed by atoms with Crippen molar-refractivity contribution in [2.45, 2.75) is 22.6 Å². The van der Waals surface area contributed by atoms with Crippen molar-refractivity contribution in [2.75, 3.05) is 0 Å². The van der Waals surface area contributed by atoms with Gasteiger partial charge in [-0.15, -0.1) is 11.8 Å². The maximum atomic E-state index is 6.60. The molecule has 1 aliphatic heterocycles. The zero-order valence-electron chi connectivity index (χ0n) is 11.6. The van der Waals surface area contributed by atoms with Gasteiger partial charge in [0, 0.05) is 34.0 Å². The van der Waals surface area contributed by atoms with Crippen LogP contribution >= 0.6 is 11.8 Å². The topological polar surface area (TPSA) is 38.9 Å². The number of hydrogen-bond acceptors (Lipinski definition) is 3. The number of nitrogens with zero attached hydrogens (tertiary/aromatic N) is 1. The number of aromatic nitrogens is 1. The van der Waals surface area contributed by atoms with Gasteiger partial charge in [0.2, 0.25) is 0 Å². The quantitative estimate of drug-likeness (QED) is 0.777. The summed E-state index contributed by atoms with van der Waals surface area (Å²) in [4.78, 5) is 5.57. The third-order valence-electron chi connectivity index (χ3n) is 4.15. The Kier molecular flexibility index (Phi) is 3.17. The van der Waals surface area contributed by atoms with Crippen LogP contribution < -0.4 is 5.73 Å². The first-order valence-electron chi connectivity index (χ1n) is 7.16. The Hall–Kier alpha value is -1.84. The third-order valence-corrected chi connectivity index (χ3v) is 5.56. The first kappa shape index (κ1) is 12.9. The normalized spacial score (nSPS) is 18.6. The molecule has 0 spiro atoms. The predicted molar refractivity (Wildman–Crippen MR) is 88.5 cm³/mol. The Morgan fingerprint density at radius 3 is 2.90 bits per heavy atom. The van der Waals surface area contributed by atoms with Crippen molar-refractivity contribution >= 4 is 22.5 Å². The first-order chi connectivity index (χ1) is 10.3. The smallest absolute Gasteiger partial charge is 0.0428 e. The van der Waals surface area contributed by atoms with Gasteiger partial charge < -0.3 is 5.73 Å². The molecule has 2 N–H and O–H groups in total. The molecule has 2 unspecified atom stereocenters. The fraction of sp³-hybridized carbons (Fsp3) is 0.167. The minimum absolute atomic E-state index is 0.0356. The van der Waals surface area contributed by atoms with Crippen molar-refractivity contribution in [1.29, 1.82) is 0 Å². The summed E-state index contributed by atoms with van der Waals surface area (Å²) in [5.41, 5.74) is 9.25. The van der Waals surface area contributed by atoms with E-state index < -0.39 is 0 Å². The number of rotatable bonds is 2. The number of fused-ring (bicyclic) bond motifs is 2. The van der Waals surface area contributed by atoms with Crippen LogP contribution in [0.4, 0.5) is 0 Å². The van der Waals surface area contributed by atoms with Crippen LogP contribution in [-0.4, -0.2) is 10.2 Å². The average molecular weight is 292 g/mol. The number of pyridine rings is 1. The summed E-state index contributed by atoms with van der Waals surface area (Å²) in [5, 5.41) is 2.78.